The second-order valence-electron chi connectivity index (χ2n) is 5.58. The number of rotatable bonds is 5. The molecule has 0 radical (unpaired) electrons. The summed E-state index contributed by atoms with van der Waals surface area (Å²) in [5.41, 5.74) is 5.18. The summed E-state index contributed by atoms with van der Waals surface area (Å²) < 4.78 is 0. The van der Waals surface area contributed by atoms with Crippen molar-refractivity contribution in [1.82, 2.24) is 10.2 Å². The fourth-order valence-corrected chi connectivity index (χ4v) is 1.67. The molecule has 2 amide bonds. The molecule has 0 saturated carbocycles. The second-order valence-corrected chi connectivity index (χ2v) is 5.58. The van der Waals surface area contributed by atoms with E-state index in [2.05, 4.69) is 26.1 Å². The monoisotopic (exact) mass is 295 g/mol. The maximum absolute atomic E-state index is 11.4. The van der Waals surface area contributed by atoms with Gasteiger partial charge in [-0.25, -0.2) is 0 Å². The molecule has 0 aromatic rings. The molecular formula is C15H25N3O3. The van der Waals surface area contributed by atoms with Crippen LogP contribution in [0.2, 0.25) is 0 Å². The van der Waals surface area contributed by atoms with Gasteiger partial charge < -0.3 is 16.0 Å². The van der Waals surface area contributed by atoms with Crippen LogP contribution in [0.1, 0.15) is 27.2 Å². The van der Waals surface area contributed by atoms with Gasteiger partial charge in [0.15, 0.2) is 5.78 Å². The van der Waals surface area contributed by atoms with Gasteiger partial charge in [0, 0.05) is 13.1 Å². The lowest BCUT2D eigenvalue weighted by Gasteiger charge is -2.21. The molecule has 6 heteroatoms. The third-order valence-corrected chi connectivity index (χ3v) is 2.61. The number of hydrogen-bond acceptors (Lipinski definition) is 4. The summed E-state index contributed by atoms with van der Waals surface area (Å²) in [6, 6.07) is 0. The molecule has 0 aromatic carbocycles. The first-order valence-electron chi connectivity index (χ1n) is 7.06. The Balaban J connectivity index is 0.000000885. The third-order valence-electron chi connectivity index (χ3n) is 2.61. The van der Waals surface area contributed by atoms with Gasteiger partial charge in [0.05, 0.1) is 19.0 Å². The Morgan fingerprint density at radius 3 is 2.43 bits per heavy atom. The fraction of sp³-hybridized carbons (Fsp3) is 0.667. The highest BCUT2D eigenvalue weighted by molar-refractivity contribution is 5.96. The summed E-state index contributed by atoms with van der Waals surface area (Å²) in [6.45, 7) is 6.97. The molecule has 0 aromatic heterocycles. The molecule has 1 rings (SSSR count). The molecule has 1 aliphatic rings. The topological polar surface area (TPSA) is 92.5 Å². The Labute approximate surface area is 126 Å². The van der Waals surface area contributed by atoms with Gasteiger partial charge >= 0.3 is 0 Å². The van der Waals surface area contributed by atoms with Gasteiger partial charge in [0.25, 0.3) is 5.91 Å². The van der Waals surface area contributed by atoms with Crippen molar-refractivity contribution in [3.63, 3.8) is 0 Å². The first kappa shape index (κ1) is 19.1. The van der Waals surface area contributed by atoms with Crippen LogP contribution in [0.25, 0.3) is 0 Å². The lowest BCUT2D eigenvalue weighted by atomic mass is 10.1. The van der Waals surface area contributed by atoms with Gasteiger partial charge in [-0.05, 0) is 18.3 Å². The summed E-state index contributed by atoms with van der Waals surface area (Å²) >= 11 is 0. The Morgan fingerprint density at radius 1 is 1.48 bits per heavy atom. The average Bonchev–Trinajstić information content (AvgIpc) is 2.81. The molecule has 0 aliphatic carbocycles. The molecule has 6 nitrogen and oxygen atoms in total. The van der Waals surface area contributed by atoms with Gasteiger partial charge in [-0.3, -0.25) is 14.4 Å². The van der Waals surface area contributed by atoms with Crippen LogP contribution in [0.5, 0.6) is 0 Å². The number of carbonyl (C=O) groups excluding carboxylic acids is 3. The van der Waals surface area contributed by atoms with E-state index in [9.17, 15) is 14.4 Å². The molecule has 118 valence electrons. The summed E-state index contributed by atoms with van der Waals surface area (Å²) in [5, 5.41) is 2.66. The van der Waals surface area contributed by atoms with Crippen LogP contribution in [0.4, 0.5) is 0 Å². The zero-order chi connectivity index (χ0) is 16.4. The molecule has 21 heavy (non-hydrogen) atoms. The number of hydrogen-bond donors (Lipinski definition) is 2. The SMILES string of the molecule is C#CC(=O)N(CC(=O)CN)CC1CCNC1=O.CC(C)C. The Bertz CT molecular complexity index is 410. The molecule has 0 spiro atoms. The standard InChI is InChI=1S/C11H15N3O3.C4H10/c1-2-10(16)14(7-9(15)5-12)6-8-3-4-13-11(8)17;1-4(2)3/h1,8H,3-7,12H2,(H,13,17);4H,1-3H3. The average molecular weight is 295 g/mol. The number of amides is 2. The number of nitrogens with zero attached hydrogens (tertiary/aromatic N) is 1. The maximum atomic E-state index is 11.4. The fourth-order valence-electron chi connectivity index (χ4n) is 1.67. The number of Topliss-reactive ketones (excluding diaryl/α,β-unsaturated/α-hetero) is 1. The van der Waals surface area contributed by atoms with Crippen LogP contribution in [0.3, 0.4) is 0 Å². The van der Waals surface area contributed by atoms with E-state index in [1.165, 1.54) is 4.90 Å². The van der Waals surface area contributed by atoms with E-state index in [1.54, 1.807) is 0 Å². The first-order valence-corrected chi connectivity index (χ1v) is 7.06. The quantitative estimate of drug-likeness (QED) is 0.686. The molecule has 1 saturated heterocycles. The summed E-state index contributed by atoms with van der Waals surface area (Å²) in [5.74, 6) is 1.50. The second kappa shape index (κ2) is 9.94. The van der Waals surface area contributed by atoms with Crippen molar-refractivity contribution in [1.29, 1.82) is 0 Å². The number of ketones is 1. The number of carbonyl (C=O) groups is 3. The zero-order valence-electron chi connectivity index (χ0n) is 13.0. The van der Waals surface area contributed by atoms with Crippen LogP contribution >= 0.6 is 0 Å². The van der Waals surface area contributed by atoms with Crippen molar-refractivity contribution in [3.8, 4) is 12.3 Å². The minimum atomic E-state index is -0.591. The number of nitrogens with two attached hydrogens (primary N) is 1. The minimum absolute atomic E-state index is 0.111. The van der Waals surface area contributed by atoms with Crippen molar-refractivity contribution in [2.75, 3.05) is 26.2 Å². The van der Waals surface area contributed by atoms with E-state index in [4.69, 9.17) is 12.2 Å². The van der Waals surface area contributed by atoms with Gasteiger partial charge in [-0.2, -0.15) is 0 Å². The minimum Gasteiger partial charge on any atom is -0.356 e. The molecule has 1 unspecified atom stereocenters. The molecule has 1 fully saturated rings. The first-order chi connectivity index (χ1) is 9.81. The highest BCUT2D eigenvalue weighted by atomic mass is 16.2. The van der Waals surface area contributed by atoms with Gasteiger partial charge in [0.2, 0.25) is 5.91 Å². The van der Waals surface area contributed by atoms with Crippen molar-refractivity contribution in [2.24, 2.45) is 17.6 Å². The number of nitrogens with one attached hydrogen (secondary N) is 1. The zero-order valence-corrected chi connectivity index (χ0v) is 13.0. The molecule has 0 bridgehead atoms. The summed E-state index contributed by atoms with van der Waals surface area (Å²) in [6.07, 6.45) is 5.66. The third kappa shape index (κ3) is 8.10. The van der Waals surface area contributed by atoms with Crippen LogP contribution < -0.4 is 11.1 Å². The molecule has 3 N–H and O–H groups in total. The lowest BCUT2D eigenvalue weighted by molar-refractivity contribution is -0.132. The van der Waals surface area contributed by atoms with Crippen LogP contribution in [0, 0.1) is 24.2 Å². The van der Waals surface area contributed by atoms with E-state index in [-0.39, 0.29) is 37.2 Å². The van der Waals surface area contributed by atoms with E-state index >= 15 is 0 Å². The molecular weight excluding hydrogens is 270 g/mol. The predicted molar refractivity (Wildman–Crippen MR) is 81.1 cm³/mol. The van der Waals surface area contributed by atoms with E-state index in [0.717, 1.165) is 5.92 Å². The largest absolute Gasteiger partial charge is 0.356 e. The summed E-state index contributed by atoms with van der Waals surface area (Å²) in [4.78, 5) is 35.2. The summed E-state index contributed by atoms with van der Waals surface area (Å²) in [7, 11) is 0. The lowest BCUT2D eigenvalue weighted by Crippen LogP contribution is -2.41. The Hall–Kier alpha value is -1.87. The van der Waals surface area contributed by atoms with Crippen LogP contribution in [-0.4, -0.2) is 48.7 Å². The van der Waals surface area contributed by atoms with Crippen molar-refractivity contribution in [3.05, 3.63) is 0 Å². The molecule has 1 aliphatic heterocycles. The van der Waals surface area contributed by atoms with Gasteiger partial charge in [-0.15, -0.1) is 6.42 Å². The van der Waals surface area contributed by atoms with Crippen molar-refractivity contribution in [2.45, 2.75) is 27.2 Å². The van der Waals surface area contributed by atoms with Crippen LogP contribution in [0.15, 0.2) is 0 Å². The van der Waals surface area contributed by atoms with E-state index in [0.29, 0.717) is 13.0 Å². The van der Waals surface area contributed by atoms with Crippen LogP contribution in [-0.2, 0) is 14.4 Å². The highest BCUT2D eigenvalue weighted by Crippen LogP contribution is 2.11. The molecule has 1 atom stereocenters. The Morgan fingerprint density at radius 2 is 2.05 bits per heavy atom. The van der Waals surface area contributed by atoms with Gasteiger partial charge in [-0.1, -0.05) is 20.8 Å². The number of terminal acetylenes is 1. The maximum Gasteiger partial charge on any atom is 0.298 e. The Kier molecular flexibility index (Phi) is 9.06. The smallest absolute Gasteiger partial charge is 0.298 e. The van der Waals surface area contributed by atoms with Gasteiger partial charge in [0.1, 0.15) is 0 Å². The van der Waals surface area contributed by atoms with E-state index in [1.807, 2.05) is 5.92 Å². The van der Waals surface area contributed by atoms with Crippen molar-refractivity contribution < 1.29 is 14.4 Å². The van der Waals surface area contributed by atoms with Crippen molar-refractivity contribution >= 4 is 17.6 Å². The highest BCUT2D eigenvalue weighted by Gasteiger charge is 2.28. The molecule has 1 heterocycles. The van der Waals surface area contributed by atoms with E-state index < -0.39 is 5.91 Å². The predicted octanol–water partition coefficient (Wildman–Crippen LogP) is -0.226. The normalized spacial score (nSPS) is 16.6.